The summed E-state index contributed by atoms with van der Waals surface area (Å²) in [6.45, 7) is 0. The minimum Gasteiger partial charge on any atom is -0.404 e. The molecule has 0 bridgehead atoms. The third-order valence-corrected chi connectivity index (χ3v) is 3.21. The van der Waals surface area contributed by atoms with Gasteiger partial charge in [-0.25, -0.2) is 4.79 Å². The lowest BCUT2D eigenvalue weighted by atomic mass is 10.2. The molecule has 3 rings (SSSR count). The van der Waals surface area contributed by atoms with Gasteiger partial charge in [-0.3, -0.25) is 0 Å². The van der Waals surface area contributed by atoms with Crippen LogP contribution in [-0.4, -0.2) is 9.55 Å². The lowest BCUT2D eigenvalue weighted by Gasteiger charge is -1.92. The van der Waals surface area contributed by atoms with Gasteiger partial charge in [-0.05, 0) is 12.1 Å². The summed E-state index contributed by atoms with van der Waals surface area (Å²) in [6, 6.07) is 7.99. The van der Waals surface area contributed by atoms with E-state index in [1.807, 2.05) is 42.1 Å². The number of nitrogens with zero attached hydrogens (tertiary/aromatic N) is 1. The zero-order chi connectivity index (χ0) is 13.4. The molecule has 5 heteroatoms. The fraction of sp³-hybridized carbons (Fsp3) is 0.0714. The Bertz CT molecular complexity index is 915. The highest BCUT2D eigenvalue weighted by Crippen LogP contribution is 2.20. The quantitative estimate of drug-likeness (QED) is 0.726. The highest BCUT2D eigenvalue weighted by Gasteiger charge is 2.04. The summed E-state index contributed by atoms with van der Waals surface area (Å²) < 4.78 is 6.93. The molecular formula is C14H11ClN2O2. The summed E-state index contributed by atoms with van der Waals surface area (Å²) in [5.41, 5.74) is 3.07. The predicted molar refractivity (Wildman–Crippen MR) is 75.4 cm³/mol. The molecule has 0 aliphatic carbocycles. The molecule has 19 heavy (non-hydrogen) atoms. The van der Waals surface area contributed by atoms with Crippen LogP contribution in [0.3, 0.4) is 0 Å². The van der Waals surface area contributed by atoms with Crippen molar-refractivity contribution in [2.45, 2.75) is 0 Å². The summed E-state index contributed by atoms with van der Waals surface area (Å²) in [7, 11) is 1.97. The first kappa shape index (κ1) is 11.9. The van der Waals surface area contributed by atoms with Gasteiger partial charge in [0, 0.05) is 29.7 Å². The van der Waals surface area contributed by atoms with Crippen LogP contribution in [0.1, 0.15) is 5.56 Å². The van der Waals surface area contributed by atoms with Gasteiger partial charge in [0.05, 0.1) is 5.54 Å². The molecule has 0 radical (unpaired) electrons. The van der Waals surface area contributed by atoms with Crippen molar-refractivity contribution >= 4 is 34.1 Å². The van der Waals surface area contributed by atoms with Crippen molar-refractivity contribution in [1.29, 1.82) is 0 Å². The minimum atomic E-state index is -0.431. The summed E-state index contributed by atoms with van der Waals surface area (Å²) in [4.78, 5) is 14.5. The number of hydrogen-bond acceptors (Lipinski definition) is 2. The predicted octanol–water partition coefficient (Wildman–Crippen LogP) is 1.27. The second-order valence-electron chi connectivity index (χ2n) is 4.26. The summed E-state index contributed by atoms with van der Waals surface area (Å²) >= 11 is 5.51. The molecule has 0 spiro atoms. The normalized spacial score (nSPS) is 13.6. The van der Waals surface area contributed by atoms with E-state index in [2.05, 4.69) is 4.98 Å². The molecule has 0 saturated carbocycles. The number of aromatic nitrogens is 2. The van der Waals surface area contributed by atoms with Crippen LogP contribution >= 0.6 is 11.6 Å². The van der Waals surface area contributed by atoms with Crippen molar-refractivity contribution in [2.75, 3.05) is 0 Å². The lowest BCUT2D eigenvalue weighted by molar-refractivity contribution is 0.487. The van der Waals surface area contributed by atoms with Gasteiger partial charge in [0.1, 0.15) is 5.35 Å². The number of oxazole rings is 1. The molecule has 1 N–H and O–H groups in total. The van der Waals surface area contributed by atoms with Gasteiger partial charge in [0.2, 0.25) is 5.55 Å². The minimum absolute atomic E-state index is 0.248. The molecule has 2 aromatic heterocycles. The molecule has 0 atom stereocenters. The molecule has 0 aliphatic heterocycles. The average Bonchev–Trinajstić information content (AvgIpc) is 2.93. The molecule has 0 saturated heterocycles. The number of rotatable bonds is 1. The highest BCUT2D eigenvalue weighted by molar-refractivity contribution is 6.38. The van der Waals surface area contributed by atoms with Crippen molar-refractivity contribution in [1.82, 2.24) is 9.55 Å². The van der Waals surface area contributed by atoms with E-state index in [9.17, 15) is 4.79 Å². The van der Waals surface area contributed by atoms with E-state index in [4.69, 9.17) is 16.0 Å². The fourth-order valence-electron chi connectivity index (χ4n) is 2.15. The standard InChI is InChI=1S/C14H11ClN2O2/c1-17-8-9(10-4-2-3-5-12(10)17)6-11-14(18)19-13(7-15)16-11/h2-8,16H,1H3/b11-6-,13-7-. The Balaban J connectivity index is 2.31. The van der Waals surface area contributed by atoms with Crippen molar-refractivity contribution in [3.8, 4) is 0 Å². The Morgan fingerprint density at radius 1 is 1.37 bits per heavy atom. The number of fused-ring (bicyclic) bond motifs is 1. The molecule has 1 aromatic carbocycles. The highest BCUT2D eigenvalue weighted by atomic mass is 35.5. The monoisotopic (exact) mass is 274 g/mol. The van der Waals surface area contributed by atoms with E-state index in [1.54, 1.807) is 6.08 Å². The van der Waals surface area contributed by atoms with Crippen molar-refractivity contribution in [3.05, 3.63) is 57.3 Å². The van der Waals surface area contributed by atoms with E-state index in [1.165, 1.54) is 5.54 Å². The van der Waals surface area contributed by atoms with Crippen LogP contribution in [0.2, 0.25) is 0 Å². The van der Waals surface area contributed by atoms with Crippen LogP contribution in [0.15, 0.2) is 39.7 Å². The number of aromatic amines is 1. The first-order valence-corrected chi connectivity index (χ1v) is 6.18. The van der Waals surface area contributed by atoms with Crippen molar-refractivity contribution < 1.29 is 4.42 Å². The van der Waals surface area contributed by atoms with E-state index >= 15 is 0 Å². The van der Waals surface area contributed by atoms with E-state index in [0.717, 1.165) is 16.5 Å². The van der Waals surface area contributed by atoms with Crippen LogP contribution in [0.4, 0.5) is 0 Å². The molecule has 3 aromatic rings. The maximum Gasteiger partial charge on any atom is 0.361 e. The Labute approximate surface area is 113 Å². The average molecular weight is 275 g/mol. The summed E-state index contributed by atoms with van der Waals surface area (Å²) in [5, 5.41) is 1.46. The topological polar surface area (TPSA) is 50.9 Å². The number of para-hydroxylation sites is 1. The molecule has 0 aliphatic rings. The molecule has 0 unspecified atom stereocenters. The SMILES string of the molecule is Cn1cc(/C=c2\[nH]/c(=C/Cl)oc2=O)c2ccccc21. The van der Waals surface area contributed by atoms with Gasteiger partial charge in [-0.1, -0.05) is 29.8 Å². The number of halogens is 1. The molecule has 2 heterocycles. The first-order chi connectivity index (χ1) is 9.19. The zero-order valence-electron chi connectivity index (χ0n) is 10.2. The van der Waals surface area contributed by atoms with Crippen molar-refractivity contribution in [3.63, 3.8) is 0 Å². The van der Waals surface area contributed by atoms with E-state index in [-0.39, 0.29) is 5.55 Å². The second kappa shape index (κ2) is 4.48. The molecule has 4 nitrogen and oxygen atoms in total. The second-order valence-corrected chi connectivity index (χ2v) is 4.48. The van der Waals surface area contributed by atoms with Gasteiger partial charge in [-0.15, -0.1) is 0 Å². The number of hydrogen-bond donors (Lipinski definition) is 1. The van der Waals surface area contributed by atoms with Crippen LogP contribution in [0.5, 0.6) is 0 Å². The van der Waals surface area contributed by atoms with Crippen LogP contribution in [0, 0.1) is 0 Å². The van der Waals surface area contributed by atoms with Gasteiger partial charge in [0.15, 0.2) is 0 Å². The third kappa shape index (κ3) is 2.00. The van der Waals surface area contributed by atoms with Gasteiger partial charge < -0.3 is 14.0 Å². The van der Waals surface area contributed by atoms with E-state index in [0.29, 0.717) is 5.35 Å². The fourth-order valence-corrected chi connectivity index (χ4v) is 2.25. The largest absolute Gasteiger partial charge is 0.404 e. The Morgan fingerprint density at radius 2 is 2.16 bits per heavy atom. The van der Waals surface area contributed by atoms with Crippen LogP contribution in [-0.2, 0) is 7.05 Å². The van der Waals surface area contributed by atoms with Crippen molar-refractivity contribution in [2.24, 2.45) is 7.05 Å². The van der Waals surface area contributed by atoms with Gasteiger partial charge in [-0.2, -0.15) is 0 Å². The smallest absolute Gasteiger partial charge is 0.361 e. The Kier molecular flexibility index (Phi) is 2.80. The first-order valence-electron chi connectivity index (χ1n) is 5.74. The number of benzene rings is 1. The maximum absolute atomic E-state index is 11.6. The van der Waals surface area contributed by atoms with E-state index < -0.39 is 5.63 Å². The summed E-state index contributed by atoms with van der Waals surface area (Å²) in [5.74, 6) is 0. The molecule has 0 fully saturated rings. The maximum atomic E-state index is 11.6. The summed E-state index contributed by atoms with van der Waals surface area (Å²) in [6.07, 6.45) is 3.73. The number of aryl methyl sites for hydroxylation is 1. The molecule has 96 valence electrons. The lowest BCUT2D eigenvalue weighted by Crippen LogP contribution is -2.21. The van der Waals surface area contributed by atoms with Crippen LogP contribution in [0.25, 0.3) is 22.5 Å². The Morgan fingerprint density at radius 3 is 2.89 bits per heavy atom. The van der Waals surface area contributed by atoms with Crippen LogP contribution < -0.4 is 16.5 Å². The molecular weight excluding hydrogens is 264 g/mol. The zero-order valence-corrected chi connectivity index (χ0v) is 10.9. The third-order valence-electron chi connectivity index (χ3n) is 3.01. The number of nitrogens with one attached hydrogen (secondary N) is 1. The van der Waals surface area contributed by atoms with Gasteiger partial charge in [0.25, 0.3) is 0 Å². The Hall–Kier alpha value is -2.20. The van der Waals surface area contributed by atoms with Gasteiger partial charge >= 0.3 is 5.63 Å². The molecule has 0 amide bonds. The number of H-pyrrole nitrogens is 1.